The maximum absolute atomic E-state index is 12.9. The highest BCUT2D eigenvalue weighted by Crippen LogP contribution is 2.27. The van der Waals surface area contributed by atoms with Crippen molar-refractivity contribution in [3.8, 4) is 11.5 Å². The number of fused-ring (bicyclic) bond motifs is 1. The number of aryl methyl sites for hydroxylation is 1. The van der Waals surface area contributed by atoms with E-state index in [1.54, 1.807) is 39.5 Å². The zero-order chi connectivity index (χ0) is 23.1. The van der Waals surface area contributed by atoms with Crippen LogP contribution in [0, 0.1) is 0 Å². The maximum Gasteiger partial charge on any atom is 0.328 e. The summed E-state index contributed by atoms with van der Waals surface area (Å²) in [5, 5.41) is 3.12. The number of carbonyl (C=O) groups excluding carboxylic acids is 1. The number of aromatic nitrogens is 2. The van der Waals surface area contributed by atoms with E-state index in [1.165, 1.54) is 6.07 Å². The third kappa shape index (κ3) is 5.17. The van der Waals surface area contributed by atoms with Crippen LogP contribution in [-0.4, -0.2) is 49.9 Å². The van der Waals surface area contributed by atoms with Crippen molar-refractivity contribution in [2.24, 2.45) is 0 Å². The van der Waals surface area contributed by atoms with Crippen molar-refractivity contribution in [2.75, 3.05) is 34.5 Å². The summed E-state index contributed by atoms with van der Waals surface area (Å²) in [4.78, 5) is 40.5. The molecule has 0 aliphatic carbocycles. The van der Waals surface area contributed by atoms with Gasteiger partial charge in [0.15, 0.2) is 11.5 Å². The van der Waals surface area contributed by atoms with Crippen LogP contribution in [0.5, 0.6) is 11.5 Å². The Labute approximate surface area is 184 Å². The monoisotopic (exact) mass is 441 g/mol. The molecule has 0 fully saturated rings. The zero-order valence-corrected chi connectivity index (χ0v) is 18.4. The highest BCUT2D eigenvalue weighted by molar-refractivity contribution is 5.97. The third-order valence-corrected chi connectivity index (χ3v) is 5.13. The third-order valence-electron chi connectivity index (χ3n) is 5.13. The number of hydrogen-bond donors (Lipinski definition) is 2. The van der Waals surface area contributed by atoms with Gasteiger partial charge in [-0.25, -0.2) is 4.79 Å². The average molecular weight is 441 g/mol. The van der Waals surface area contributed by atoms with Crippen molar-refractivity contribution < 1.29 is 19.0 Å². The van der Waals surface area contributed by atoms with Gasteiger partial charge in [-0.2, -0.15) is 0 Å². The molecule has 0 bridgehead atoms. The summed E-state index contributed by atoms with van der Waals surface area (Å²) in [5.74, 6) is 0.912. The summed E-state index contributed by atoms with van der Waals surface area (Å²) in [6.07, 6.45) is 1.15. The normalized spacial score (nSPS) is 10.8. The molecule has 32 heavy (non-hydrogen) atoms. The molecule has 3 rings (SSSR count). The van der Waals surface area contributed by atoms with E-state index in [-0.39, 0.29) is 12.5 Å². The van der Waals surface area contributed by atoms with E-state index in [9.17, 15) is 14.4 Å². The van der Waals surface area contributed by atoms with Gasteiger partial charge in [0.05, 0.1) is 25.1 Å². The predicted octanol–water partition coefficient (Wildman–Crippen LogP) is 1.72. The number of methoxy groups -OCH3 is 3. The van der Waals surface area contributed by atoms with E-state index in [2.05, 4.69) is 10.3 Å². The number of benzene rings is 2. The van der Waals surface area contributed by atoms with Crippen LogP contribution in [0.4, 0.5) is 0 Å². The first kappa shape index (κ1) is 23.1. The van der Waals surface area contributed by atoms with E-state index < -0.39 is 11.2 Å². The van der Waals surface area contributed by atoms with Gasteiger partial charge in [-0.15, -0.1) is 0 Å². The molecule has 0 spiro atoms. The second-order valence-corrected chi connectivity index (χ2v) is 7.19. The largest absolute Gasteiger partial charge is 0.493 e. The Bertz CT molecular complexity index is 1210. The second kappa shape index (κ2) is 10.6. The second-order valence-electron chi connectivity index (χ2n) is 7.19. The first-order valence-corrected chi connectivity index (χ1v) is 10.2. The Kier molecular flexibility index (Phi) is 7.67. The molecule has 0 radical (unpaired) electrons. The summed E-state index contributed by atoms with van der Waals surface area (Å²) in [6, 6.07) is 10.1. The molecule has 9 heteroatoms. The summed E-state index contributed by atoms with van der Waals surface area (Å²) < 4.78 is 16.6. The lowest BCUT2D eigenvalue weighted by atomic mass is 10.1. The lowest BCUT2D eigenvalue weighted by Gasteiger charge is -2.11. The molecule has 0 aliphatic rings. The van der Waals surface area contributed by atoms with Gasteiger partial charge in [0.25, 0.3) is 11.5 Å². The summed E-state index contributed by atoms with van der Waals surface area (Å²) in [7, 11) is 4.71. The van der Waals surface area contributed by atoms with Gasteiger partial charge in [-0.1, -0.05) is 6.07 Å². The highest BCUT2D eigenvalue weighted by atomic mass is 16.5. The van der Waals surface area contributed by atoms with Gasteiger partial charge >= 0.3 is 5.69 Å². The van der Waals surface area contributed by atoms with E-state index in [0.717, 1.165) is 10.1 Å². The molecule has 9 nitrogen and oxygen atoms in total. The van der Waals surface area contributed by atoms with Crippen molar-refractivity contribution in [3.63, 3.8) is 0 Å². The first-order valence-electron chi connectivity index (χ1n) is 10.2. The van der Waals surface area contributed by atoms with Crippen LogP contribution in [-0.2, 0) is 17.7 Å². The summed E-state index contributed by atoms with van der Waals surface area (Å²) in [6.45, 7) is 1.22. The van der Waals surface area contributed by atoms with Crippen LogP contribution in [0.25, 0.3) is 10.9 Å². The van der Waals surface area contributed by atoms with Crippen molar-refractivity contribution in [1.82, 2.24) is 14.9 Å². The molecule has 0 saturated heterocycles. The topological polar surface area (TPSA) is 112 Å². The van der Waals surface area contributed by atoms with Gasteiger partial charge in [-0.05, 0) is 48.7 Å². The van der Waals surface area contributed by atoms with Gasteiger partial charge in [0, 0.05) is 32.4 Å². The minimum Gasteiger partial charge on any atom is -0.493 e. The van der Waals surface area contributed by atoms with Gasteiger partial charge in [0.2, 0.25) is 0 Å². The number of hydrogen-bond acceptors (Lipinski definition) is 6. The fraction of sp³-hybridized carbons (Fsp3) is 0.348. The van der Waals surface area contributed by atoms with Crippen LogP contribution in [0.2, 0.25) is 0 Å². The number of nitrogens with zero attached hydrogens (tertiary/aromatic N) is 1. The fourth-order valence-electron chi connectivity index (χ4n) is 3.40. The minimum absolute atomic E-state index is 0.196. The molecule has 1 heterocycles. The molecule has 0 unspecified atom stereocenters. The van der Waals surface area contributed by atoms with E-state index in [0.29, 0.717) is 54.0 Å². The van der Waals surface area contributed by atoms with Crippen LogP contribution in [0.15, 0.2) is 46.0 Å². The van der Waals surface area contributed by atoms with Crippen molar-refractivity contribution >= 4 is 16.8 Å². The minimum atomic E-state index is -0.527. The highest BCUT2D eigenvalue weighted by Gasteiger charge is 2.12. The Balaban J connectivity index is 1.80. The van der Waals surface area contributed by atoms with Gasteiger partial charge < -0.3 is 24.5 Å². The van der Waals surface area contributed by atoms with Crippen molar-refractivity contribution in [3.05, 3.63) is 68.4 Å². The molecule has 1 aromatic heterocycles. The smallest absolute Gasteiger partial charge is 0.328 e. The van der Waals surface area contributed by atoms with E-state index in [4.69, 9.17) is 14.2 Å². The van der Waals surface area contributed by atoms with Crippen molar-refractivity contribution in [2.45, 2.75) is 19.4 Å². The molecule has 0 saturated carbocycles. The quantitative estimate of drug-likeness (QED) is 0.464. The van der Waals surface area contributed by atoms with Crippen LogP contribution in [0.3, 0.4) is 0 Å². The number of ether oxygens (including phenoxy) is 3. The standard InChI is InChI=1S/C23H27N3O6/c1-30-12-4-10-24-21(27)16-6-7-17-18(14-16)25-23(29)26(22(17)28)11-9-15-5-8-19(31-2)20(13-15)32-3/h5-8,13-14H,4,9-12H2,1-3H3,(H,24,27)(H,25,29). The lowest BCUT2D eigenvalue weighted by molar-refractivity contribution is 0.0948. The zero-order valence-electron chi connectivity index (χ0n) is 18.4. The first-order chi connectivity index (χ1) is 15.5. The summed E-state index contributed by atoms with van der Waals surface area (Å²) in [5.41, 5.74) is 0.659. The predicted molar refractivity (Wildman–Crippen MR) is 121 cm³/mol. The van der Waals surface area contributed by atoms with Crippen LogP contribution < -0.4 is 26.0 Å². The molecule has 2 aromatic carbocycles. The molecular weight excluding hydrogens is 414 g/mol. The number of nitrogens with one attached hydrogen (secondary N) is 2. The van der Waals surface area contributed by atoms with Crippen molar-refractivity contribution in [1.29, 1.82) is 0 Å². The Hall–Kier alpha value is -3.59. The average Bonchev–Trinajstić information content (AvgIpc) is 2.81. The Morgan fingerprint density at radius 1 is 1.03 bits per heavy atom. The lowest BCUT2D eigenvalue weighted by Crippen LogP contribution is -2.35. The number of aromatic amines is 1. The number of H-pyrrole nitrogens is 1. The SMILES string of the molecule is COCCCNC(=O)c1ccc2c(=O)n(CCc3ccc(OC)c(OC)c3)c(=O)[nH]c2c1. The summed E-state index contributed by atoms with van der Waals surface area (Å²) >= 11 is 0. The Morgan fingerprint density at radius 3 is 2.53 bits per heavy atom. The number of rotatable bonds is 10. The van der Waals surface area contributed by atoms with Crippen LogP contribution in [0.1, 0.15) is 22.3 Å². The fourth-order valence-corrected chi connectivity index (χ4v) is 3.40. The number of carbonyl (C=O) groups is 1. The van der Waals surface area contributed by atoms with Gasteiger partial charge in [0.1, 0.15) is 0 Å². The Morgan fingerprint density at radius 2 is 1.81 bits per heavy atom. The maximum atomic E-state index is 12.9. The molecule has 170 valence electrons. The van der Waals surface area contributed by atoms with Gasteiger partial charge in [-0.3, -0.25) is 14.2 Å². The van der Waals surface area contributed by atoms with E-state index >= 15 is 0 Å². The molecule has 0 atom stereocenters. The molecular formula is C23H27N3O6. The number of amides is 1. The molecule has 1 amide bonds. The molecule has 0 aliphatic heterocycles. The van der Waals surface area contributed by atoms with E-state index in [1.807, 2.05) is 12.1 Å². The van der Waals surface area contributed by atoms with Crippen LogP contribution >= 0.6 is 0 Å². The molecule has 2 N–H and O–H groups in total. The molecule has 3 aromatic rings.